The van der Waals surface area contributed by atoms with Gasteiger partial charge in [-0.3, -0.25) is 9.78 Å². The predicted octanol–water partition coefficient (Wildman–Crippen LogP) is 0.909. The zero-order chi connectivity index (χ0) is 13.8. The van der Waals surface area contributed by atoms with Gasteiger partial charge in [0.25, 0.3) is 5.56 Å². The van der Waals surface area contributed by atoms with Crippen molar-refractivity contribution < 1.29 is 5.11 Å². The zero-order valence-electron chi connectivity index (χ0n) is 10.8. The Balaban J connectivity index is 2.28. The molecule has 7 nitrogen and oxygen atoms in total. The molecule has 19 heavy (non-hydrogen) atoms. The van der Waals surface area contributed by atoms with Crippen LogP contribution >= 0.6 is 0 Å². The van der Waals surface area contributed by atoms with E-state index in [4.69, 9.17) is 5.73 Å². The molecule has 0 aliphatic heterocycles. The molecule has 2 rings (SSSR count). The van der Waals surface area contributed by atoms with Gasteiger partial charge < -0.3 is 10.8 Å². The summed E-state index contributed by atoms with van der Waals surface area (Å²) in [5.41, 5.74) is 5.65. The van der Waals surface area contributed by atoms with Crippen molar-refractivity contribution in [2.75, 3.05) is 5.73 Å². The highest BCUT2D eigenvalue weighted by Crippen LogP contribution is 2.18. The molecule has 0 amide bonds. The molecule has 0 aliphatic rings. The number of aliphatic hydroxyl groups is 1. The van der Waals surface area contributed by atoms with Crippen LogP contribution in [0.2, 0.25) is 0 Å². The number of nitrogen functional groups attached to an aromatic ring is 1. The van der Waals surface area contributed by atoms with Crippen LogP contribution in [-0.4, -0.2) is 25.0 Å². The summed E-state index contributed by atoms with van der Waals surface area (Å²) in [4.78, 5) is 26.1. The monoisotopic (exact) mass is 263 g/mol. The molecule has 0 fully saturated rings. The summed E-state index contributed by atoms with van der Waals surface area (Å²) in [6.07, 6.45) is 4.38. The van der Waals surface area contributed by atoms with Gasteiger partial charge in [-0.1, -0.05) is 26.2 Å². The molecule has 2 heterocycles. The molecule has 7 heteroatoms. The average Bonchev–Trinajstić information content (AvgIpc) is 2.38. The Labute approximate surface area is 109 Å². The molecular formula is C12H17N5O2. The predicted molar refractivity (Wildman–Crippen MR) is 71.5 cm³/mol. The highest BCUT2D eigenvalue weighted by Gasteiger charge is 2.12. The number of fused-ring (bicyclic) bond motifs is 1. The summed E-state index contributed by atoms with van der Waals surface area (Å²) < 4.78 is 0. The molecule has 0 unspecified atom stereocenters. The fourth-order valence-corrected chi connectivity index (χ4v) is 1.84. The molecule has 0 saturated heterocycles. The van der Waals surface area contributed by atoms with E-state index in [0.717, 1.165) is 19.3 Å². The number of aromatic amines is 1. The fourth-order valence-electron chi connectivity index (χ4n) is 1.84. The molecule has 1 atom stereocenters. The second-order valence-corrected chi connectivity index (χ2v) is 4.43. The summed E-state index contributed by atoms with van der Waals surface area (Å²) >= 11 is 0. The number of H-pyrrole nitrogens is 1. The standard InChI is InChI=1S/C12H17N5O2/c1-2-3-4-5-8(18)7-6-14-10-9(15-7)11(19)17-12(13)16-10/h6,8,18H,2-5H2,1H3,(H3,13,14,16,17,19)/t8-/m1/s1. The Morgan fingerprint density at radius 3 is 2.95 bits per heavy atom. The number of hydrogen-bond donors (Lipinski definition) is 3. The van der Waals surface area contributed by atoms with E-state index in [1.54, 1.807) is 0 Å². The number of unbranched alkanes of at least 4 members (excludes halogenated alkanes) is 2. The van der Waals surface area contributed by atoms with Crippen LogP contribution in [0.1, 0.15) is 44.4 Å². The number of nitrogens with zero attached hydrogens (tertiary/aromatic N) is 3. The van der Waals surface area contributed by atoms with Crippen LogP contribution in [0.3, 0.4) is 0 Å². The van der Waals surface area contributed by atoms with Crippen molar-refractivity contribution in [1.82, 2.24) is 19.9 Å². The van der Waals surface area contributed by atoms with E-state index < -0.39 is 11.7 Å². The first-order valence-corrected chi connectivity index (χ1v) is 6.32. The number of hydrogen-bond acceptors (Lipinski definition) is 6. The molecule has 0 aromatic carbocycles. The van der Waals surface area contributed by atoms with E-state index >= 15 is 0 Å². The zero-order valence-corrected chi connectivity index (χ0v) is 10.8. The van der Waals surface area contributed by atoms with Crippen LogP contribution in [-0.2, 0) is 0 Å². The summed E-state index contributed by atoms with van der Waals surface area (Å²) in [6.45, 7) is 2.10. The molecule has 0 spiro atoms. The average molecular weight is 263 g/mol. The van der Waals surface area contributed by atoms with Crippen molar-refractivity contribution in [2.45, 2.75) is 38.7 Å². The number of nitrogens with two attached hydrogens (primary N) is 1. The summed E-state index contributed by atoms with van der Waals surface area (Å²) in [6, 6.07) is 0. The van der Waals surface area contributed by atoms with Gasteiger partial charge in [0.1, 0.15) is 0 Å². The largest absolute Gasteiger partial charge is 0.387 e. The van der Waals surface area contributed by atoms with Gasteiger partial charge in [-0.25, -0.2) is 9.97 Å². The topological polar surface area (TPSA) is 118 Å². The van der Waals surface area contributed by atoms with E-state index in [2.05, 4.69) is 26.9 Å². The van der Waals surface area contributed by atoms with Crippen LogP contribution in [0.15, 0.2) is 11.0 Å². The van der Waals surface area contributed by atoms with Gasteiger partial charge in [0.2, 0.25) is 5.95 Å². The number of anilines is 1. The molecular weight excluding hydrogens is 246 g/mol. The fraction of sp³-hybridized carbons (Fsp3) is 0.500. The normalized spacial score (nSPS) is 12.7. The summed E-state index contributed by atoms with van der Waals surface area (Å²) in [5, 5.41) is 9.99. The van der Waals surface area contributed by atoms with Crippen LogP contribution in [0.25, 0.3) is 11.2 Å². The van der Waals surface area contributed by atoms with E-state index in [9.17, 15) is 9.90 Å². The van der Waals surface area contributed by atoms with E-state index in [1.807, 2.05) is 0 Å². The number of aromatic nitrogens is 4. The lowest BCUT2D eigenvalue weighted by molar-refractivity contribution is 0.159. The van der Waals surface area contributed by atoms with E-state index in [0.29, 0.717) is 12.1 Å². The molecule has 0 radical (unpaired) electrons. The Morgan fingerprint density at radius 2 is 2.21 bits per heavy atom. The lowest BCUT2D eigenvalue weighted by Crippen LogP contribution is -2.15. The van der Waals surface area contributed by atoms with Crippen molar-refractivity contribution in [2.24, 2.45) is 0 Å². The molecule has 2 aromatic rings. The smallest absolute Gasteiger partial charge is 0.280 e. The maximum Gasteiger partial charge on any atom is 0.280 e. The van der Waals surface area contributed by atoms with E-state index in [-0.39, 0.29) is 17.1 Å². The number of rotatable bonds is 5. The van der Waals surface area contributed by atoms with Crippen LogP contribution < -0.4 is 11.3 Å². The van der Waals surface area contributed by atoms with Crippen molar-refractivity contribution in [1.29, 1.82) is 0 Å². The maximum atomic E-state index is 11.7. The van der Waals surface area contributed by atoms with Crippen molar-refractivity contribution >= 4 is 17.1 Å². The SMILES string of the molecule is CCCCC[C@@H](O)c1cnc2nc(N)[nH]c(=O)c2n1. The third kappa shape index (κ3) is 3.05. The first kappa shape index (κ1) is 13.4. The molecule has 4 N–H and O–H groups in total. The van der Waals surface area contributed by atoms with Gasteiger partial charge >= 0.3 is 0 Å². The van der Waals surface area contributed by atoms with Crippen molar-refractivity contribution in [3.05, 3.63) is 22.2 Å². The van der Waals surface area contributed by atoms with Crippen LogP contribution in [0.4, 0.5) is 5.95 Å². The first-order chi connectivity index (χ1) is 9.11. The van der Waals surface area contributed by atoms with Crippen molar-refractivity contribution in [3.8, 4) is 0 Å². The van der Waals surface area contributed by atoms with Crippen LogP contribution in [0, 0.1) is 0 Å². The minimum atomic E-state index is -0.708. The summed E-state index contributed by atoms with van der Waals surface area (Å²) in [5.74, 6) is 0.00282. The molecule has 0 aliphatic carbocycles. The number of aliphatic hydroxyl groups excluding tert-OH is 1. The first-order valence-electron chi connectivity index (χ1n) is 6.32. The minimum Gasteiger partial charge on any atom is -0.387 e. The molecule has 0 bridgehead atoms. The lowest BCUT2D eigenvalue weighted by Gasteiger charge is -2.09. The van der Waals surface area contributed by atoms with Gasteiger partial charge in [0, 0.05) is 0 Å². The Hall–Kier alpha value is -2.02. The molecule has 2 aromatic heterocycles. The highest BCUT2D eigenvalue weighted by molar-refractivity contribution is 5.69. The molecule has 0 saturated carbocycles. The quantitative estimate of drug-likeness (QED) is 0.690. The van der Waals surface area contributed by atoms with Crippen LogP contribution in [0.5, 0.6) is 0 Å². The second kappa shape index (κ2) is 5.75. The third-order valence-corrected chi connectivity index (χ3v) is 2.88. The molecule has 102 valence electrons. The minimum absolute atomic E-state index is 0.00282. The van der Waals surface area contributed by atoms with Gasteiger partial charge in [0.15, 0.2) is 11.2 Å². The van der Waals surface area contributed by atoms with Gasteiger partial charge in [-0.2, -0.15) is 4.98 Å². The maximum absolute atomic E-state index is 11.7. The van der Waals surface area contributed by atoms with Gasteiger partial charge in [-0.05, 0) is 6.42 Å². The highest BCUT2D eigenvalue weighted by atomic mass is 16.3. The summed E-state index contributed by atoms with van der Waals surface area (Å²) in [7, 11) is 0. The second-order valence-electron chi connectivity index (χ2n) is 4.43. The lowest BCUT2D eigenvalue weighted by atomic mass is 10.1. The third-order valence-electron chi connectivity index (χ3n) is 2.88. The van der Waals surface area contributed by atoms with E-state index in [1.165, 1.54) is 6.20 Å². The Morgan fingerprint density at radius 1 is 1.42 bits per heavy atom. The van der Waals surface area contributed by atoms with Gasteiger partial charge in [0.05, 0.1) is 18.0 Å². The van der Waals surface area contributed by atoms with Gasteiger partial charge in [-0.15, -0.1) is 0 Å². The Bertz CT molecular complexity index is 625. The van der Waals surface area contributed by atoms with Crippen molar-refractivity contribution in [3.63, 3.8) is 0 Å². The number of nitrogens with one attached hydrogen (secondary N) is 1. The Kier molecular flexibility index (Phi) is 4.06.